The van der Waals surface area contributed by atoms with E-state index in [0.29, 0.717) is 31.4 Å². The van der Waals surface area contributed by atoms with Crippen molar-refractivity contribution in [3.05, 3.63) is 52.6 Å². The first kappa shape index (κ1) is 15.2. The number of rotatable bonds is 2. The monoisotopic (exact) mass is 324 g/mol. The fraction of sp³-hybridized carbons (Fsp3) is 0.400. The van der Waals surface area contributed by atoms with Crippen molar-refractivity contribution in [3.63, 3.8) is 0 Å². The fourth-order valence-electron chi connectivity index (χ4n) is 4.64. The van der Waals surface area contributed by atoms with Gasteiger partial charge in [0.1, 0.15) is 12.4 Å². The number of fused-ring (bicyclic) bond motifs is 4. The molecule has 0 aromatic heterocycles. The van der Waals surface area contributed by atoms with E-state index in [2.05, 4.69) is 13.5 Å². The fourth-order valence-corrected chi connectivity index (χ4v) is 4.64. The van der Waals surface area contributed by atoms with Gasteiger partial charge in [0.2, 0.25) is 0 Å². The zero-order chi connectivity index (χ0) is 17.1. The second-order valence-corrected chi connectivity index (χ2v) is 7.17. The van der Waals surface area contributed by atoms with E-state index in [1.807, 2.05) is 12.1 Å². The Kier molecular flexibility index (Phi) is 3.21. The Hall–Kier alpha value is -2.36. The van der Waals surface area contributed by atoms with Crippen LogP contribution in [0.2, 0.25) is 0 Å². The standard InChI is InChI=1S/C20H20O4/c1-3-4-11-5-6-14-17(18(11)22)16(21)9-15-13-10-24-19(23)12(13)7-8-20(14,15)2/h3,5-6,15,22H,1,4,7-10H2,2H3/t15-,20+/m0/s1. The molecule has 0 bridgehead atoms. The Bertz CT molecular complexity index is 817. The van der Waals surface area contributed by atoms with Crippen molar-refractivity contribution in [2.45, 2.75) is 38.0 Å². The number of phenols is 1. The molecule has 0 spiro atoms. The summed E-state index contributed by atoms with van der Waals surface area (Å²) in [5.41, 5.74) is 3.60. The van der Waals surface area contributed by atoms with Crippen LogP contribution in [-0.4, -0.2) is 23.5 Å². The molecule has 0 fully saturated rings. The number of allylic oxidation sites excluding steroid dienone is 1. The summed E-state index contributed by atoms with van der Waals surface area (Å²) in [7, 11) is 0. The van der Waals surface area contributed by atoms with Crippen LogP contribution in [0.1, 0.15) is 47.7 Å². The van der Waals surface area contributed by atoms with Gasteiger partial charge < -0.3 is 9.84 Å². The van der Waals surface area contributed by atoms with Gasteiger partial charge in [0.15, 0.2) is 5.78 Å². The van der Waals surface area contributed by atoms with Crippen LogP contribution < -0.4 is 0 Å². The van der Waals surface area contributed by atoms with Crippen LogP contribution in [0, 0.1) is 5.92 Å². The molecule has 2 atom stereocenters. The van der Waals surface area contributed by atoms with E-state index in [9.17, 15) is 14.7 Å². The van der Waals surface area contributed by atoms with Gasteiger partial charge in [-0.15, -0.1) is 6.58 Å². The normalized spacial score (nSPS) is 28.1. The third-order valence-corrected chi connectivity index (χ3v) is 5.99. The number of esters is 1. The topological polar surface area (TPSA) is 63.6 Å². The third-order valence-electron chi connectivity index (χ3n) is 5.99. The van der Waals surface area contributed by atoms with Crippen molar-refractivity contribution in [1.82, 2.24) is 0 Å². The maximum Gasteiger partial charge on any atom is 0.334 e. The zero-order valence-corrected chi connectivity index (χ0v) is 13.7. The van der Waals surface area contributed by atoms with Crippen molar-refractivity contribution >= 4 is 11.8 Å². The van der Waals surface area contributed by atoms with E-state index in [1.54, 1.807) is 6.08 Å². The maximum absolute atomic E-state index is 12.8. The van der Waals surface area contributed by atoms with E-state index >= 15 is 0 Å². The summed E-state index contributed by atoms with van der Waals surface area (Å²) in [4.78, 5) is 24.7. The lowest BCUT2D eigenvalue weighted by molar-refractivity contribution is -0.136. The first-order valence-electron chi connectivity index (χ1n) is 8.36. The Morgan fingerprint density at radius 2 is 2.21 bits per heavy atom. The van der Waals surface area contributed by atoms with Crippen LogP contribution in [0.3, 0.4) is 0 Å². The third kappa shape index (κ3) is 1.86. The molecule has 0 amide bonds. The van der Waals surface area contributed by atoms with Gasteiger partial charge >= 0.3 is 5.97 Å². The molecular weight excluding hydrogens is 304 g/mol. The largest absolute Gasteiger partial charge is 0.507 e. The van der Waals surface area contributed by atoms with Gasteiger partial charge in [0, 0.05) is 23.3 Å². The highest BCUT2D eigenvalue weighted by Gasteiger charge is 2.51. The molecule has 0 radical (unpaired) electrons. The van der Waals surface area contributed by atoms with Crippen molar-refractivity contribution in [2.24, 2.45) is 5.92 Å². The lowest BCUT2D eigenvalue weighted by Crippen LogP contribution is -2.43. The average Bonchev–Trinajstić information content (AvgIpc) is 2.92. The zero-order valence-electron chi connectivity index (χ0n) is 13.7. The van der Waals surface area contributed by atoms with Gasteiger partial charge in [-0.25, -0.2) is 4.79 Å². The lowest BCUT2D eigenvalue weighted by Gasteiger charge is -2.46. The summed E-state index contributed by atoms with van der Waals surface area (Å²) in [5, 5.41) is 10.6. The Morgan fingerprint density at radius 1 is 1.42 bits per heavy atom. The van der Waals surface area contributed by atoms with E-state index in [4.69, 9.17) is 4.74 Å². The smallest absolute Gasteiger partial charge is 0.334 e. The van der Waals surface area contributed by atoms with E-state index < -0.39 is 0 Å². The first-order chi connectivity index (χ1) is 11.5. The van der Waals surface area contributed by atoms with E-state index in [0.717, 1.165) is 28.7 Å². The van der Waals surface area contributed by atoms with Crippen molar-refractivity contribution in [3.8, 4) is 5.75 Å². The van der Waals surface area contributed by atoms with Crippen LogP contribution in [0.5, 0.6) is 5.75 Å². The highest BCUT2D eigenvalue weighted by atomic mass is 16.5. The lowest BCUT2D eigenvalue weighted by atomic mass is 9.56. The molecule has 124 valence electrons. The molecule has 3 aliphatic rings. The molecule has 0 saturated heterocycles. The van der Waals surface area contributed by atoms with Crippen LogP contribution in [0.15, 0.2) is 35.9 Å². The number of aromatic hydroxyl groups is 1. The molecule has 1 aromatic rings. The van der Waals surface area contributed by atoms with Gasteiger partial charge in [-0.05, 0) is 36.0 Å². The number of ether oxygens (including phenoxy) is 1. The quantitative estimate of drug-likeness (QED) is 0.670. The van der Waals surface area contributed by atoms with Crippen molar-refractivity contribution in [1.29, 1.82) is 0 Å². The molecular formula is C20H20O4. The summed E-state index contributed by atoms with van der Waals surface area (Å²) >= 11 is 0. The first-order valence-corrected chi connectivity index (χ1v) is 8.36. The summed E-state index contributed by atoms with van der Waals surface area (Å²) in [6.45, 7) is 6.15. The molecule has 0 unspecified atom stereocenters. The van der Waals surface area contributed by atoms with Crippen LogP contribution >= 0.6 is 0 Å². The predicted molar refractivity (Wildman–Crippen MR) is 89.0 cm³/mol. The SMILES string of the molecule is C=CCc1ccc2c(c1O)C(=O)C[C@H]1C3=C(CC[C@]21C)C(=O)OC3. The highest BCUT2D eigenvalue weighted by molar-refractivity contribution is 6.03. The molecule has 1 aliphatic heterocycles. The predicted octanol–water partition coefficient (Wildman–Crippen LogP) is 3.23. The Morgan fingerprint density at radius 3 is 2.96 bits per heavy atom. The highest BCUT2D eigenvalue weighted by Crippen LogP contribution is 2.54. The van der Waals surface area contributed by atoms with Crippen LogP contribution in [0.25, 0.3) is 0 Å². The van der Waals surface area contributed by atoms with E-state index in [-0.39, 0.29) is 28.8 Å². The minimum absolute atomic E-state index is 0.0163. The van der Waals surface area contributed by atoms with Crippen molar-refractivity contribution < 1.29 is 19.4 Å². The number of carbonyl (C=O) groups excluding carboxylic acids is 2. The molecule has 4 heteroatoms. The number of hydrogen-bond acceptors (Lipinski definition) is 4. The van der Waals surface area contributed by atoms with Gasteiger partial charge in [0.25, 0.3) is 0 Å². The summed E-state index contributed by atoms with van der Waals surface area (Å²) in [5.74, 6) is -0.202. The van der Waals surface area contributed by atoms with Gasteiger partial charge in [-0.3, -0.25) is 4.79 Å². The summed E-state index contributed by atoms with van der Waals surface area (Å²) in [6.07, 6.45) is 4.03. The van der Waals surface area contributed by atoms with Gasteiger partial charge in [-0.1, -0.05) is 25.1 Å². The minimum Gasteiger partial charge on any atom is -0.507 e. The number of benzene rings is 1. The Balaban J connectivity index is 1.88. The van der Waals surface area contributed by atoms with Gasteiger partial charge in [-0.2, -0.15) is 0 Å². The molecule has 0 saturated carbocycles. The Labute approximate surface area is 140 Å². The molecule has 4 rings (SSSR count). The molecule has 2 aliphatic carbocycles. The number of Topliss-reactive ketones (excluding diaryl/α,β-unsaturated/α-hetero) is 1. The maximum atomic E-state index is 12.8. The summed E-state index contributed by atoms with van der Waals surface area (Å²) in [6, 6.07) is 3.86. The summed E-state index contributed by atoms with van der Waals surface area (Å²) < 4.78 is 5.21. The number of cyclic esters (lactones) is 1. The van der Waals surface area contributed by atoms with Crippen molar-refractivity contribution in [2.75, 3.05) is 6.61 Å². The number of hydrogen-bond donors (Lipinski definition) is 1. The van der Waals surface area contributed by atoms with E-state index in [1.165, 1.54) is 0 Å². The molecule has 1 N–H and O–H groups in total. The minimum atomic E-state index is -0.250. The second-order valence-electron chi connectivity index (χ2n) is 7.17. The van der Waals surface area contributed by atoms with Gasteiger partial charge in [0.05, 0.1) is 5.56 Å². The van der Waals surface area contributed by atoms with Crippen LogP contribution in [-0.2, 0) is 21.4 Å². The average molecular weight is 324 g/mol. The second kappa shape index (κ2) is 5.07. The molecule has 1 heterocycles. The number of carbonyl (C=O) groups is 2. The molecule has 1 aromatic carbocycles. The number of phenolic OH excluding ortho intramolecular Hbond substituents is 1. The number of ketones is 1. The molecule has 4 nitrogen and oxygen atoms in total. The molecule has 24 heavy (non-hydrogen) atoms. The van der Waals surface area contributed by atoms with Crippen LogP contribution in [0.4, 0.5) is 0 Å².